The van der Waals surface area contributed by atoms with Crippen LogP contribution in [0.3, 0.4) is 0 Å². The number of carbonyl (C=O) groups excluding carboxylic acids is 2. The molecule has 0 radical (unpaired) electrons. The molecule has 1 aromatic rings. The monoisotopic (exact) mass is 293 g/mol. The SMILES string of the molecule is COC(=O)c1ccc(C)c(NC(=O)C(C)C(C)C(=O)O)c1. The normalized spacial score (nSPS) is 13.1. The molecule has 2 unspecified atom stereocenters. The van der Waals surface area contributed by atoms with Crippen molar-refractivity contribution in [1.82, 2.24) is 0 Å². The number of hydrogen-bond acceptors (Lipinski definition) is 4. The van der Waals surface area contributed by atoms with Crippen LogP contribution in [0.25, 0.3) is 0 Å². The van der Waals surface area contributed by atoms with Crippen molar-refractivity contribution in [2.24, 2.45) is 11.8 Å². The summed E-state index contributed by atoms with van der Waals surface area (Å²) in [4.78, 5) is 34.5. The van der Waals surface area contributed by atoms with Crippen LogP contribution >= 0.6 is 0 Å². The molecule has 0 bridgehead atoms. The van der Waals surface area contributed by atoms with Gasteiger partial charge >= 0.3 is 11.9 Å². The maximum Gasteiger partial charge on any atom is 0.337 e. The van der Waals surface area contributed by atoms with E-state index in [9.17, 15) is 14.4 Å². The van der Waals surface area contributed by atoms with E-state index in [0.717, 1.165) is 5.56 Å². The van der Waals surface area contributed by atoms with Crippen molar-refractivity contribution in [2.75, 3.05) is 12.4 Å². The third-order valence-electron chi connectivity index (χ3n) is 3.47. The van der Waals surface area contributed by atoms with Crippen LogP contribution in [0.2, 0.25) is 0 Å². The lowest BCUT2D eigenvalue weighted by molar-refractivity contribution is -0.145. The van der Waals surface area contributed by atoms with Gasteiger partial charge in [0, 0.05) is 11.6 Å². The van der Waals surface area contributed by atoms with E-state index in [-0.39, 0.29) is 0 Å². The predicted molar refractivity (Wildman–Crippen MR) is 77.1 cm³/mol. The first-order valence-corrected chi connectivity index (χ1v) is 6.50. The van der Waals surface area contributed by atoms with Crippen molar-refractivity contribution in [3.05, 3.63) is 29.3 Å². The molecule has 1 amide bonds. The van der Waals surface area contributed by atoms with Crippen LogP contribution in [0.5, 0.6) is 0 Å². The number of carboxylic acid groups (broad SMARTS) is 1. The molecule has 2 atom stereocenters. The lowest BCUT2D eigenvalue weighted by atomic mass is 9.95. The molecule has 0 saturated heterocycles. The summed E-state index contributed by atoms with van der Waals surface area (Å²) in [6, 6.07) is 4.80. The summed E-state index contributed by atoms with van der Waals surface area (Å²) in [5.74, 6) is -3.43. The minimum Gasteiger partial charge on any atom is -0.481 e. The molecule has 2 N–H and O–H groups in total. The first-order valence-electron chi connectivity index (χ1n) is 6.50. The van der Waals surface area contributed by atoms with Gasteiger partial charge < -0.3 is 15.2 Å². The average molecular weight is 293 g/mol. The first kappa shape index (κ1) is 16.7. The van der Waals surface area contributed by atoms with Crippen LogP contribution < -0.4 is 5.32 Å². The highest BCUT2D eigenvalue weighted by molar-refractivity contribution is 5.97. The summed E-state index contributed by atoms with van der Waals surface area (Å²) in [5, 5.41) is 11.6. The van der Waals surface area contributed by atoms with E-state index in [1.54, 1.807) is 26.0 Å². The molecule has 1 aromatic carbocycles. The van der Waals surface area contributed by atoms with E-state index in [1.165, 1.54) is 20.1 Å². The van der Waals surface area contributed by atoms with E-state index in [2.05, 4.69) is 10.1 Å². The summed E-state index contributed by atoms with van der Waals surface area (Å²) in [6.45, 7) is 4.81. The number of rotatable bonds is 5. The summed E-state index contributed by atoms with van der Waals surface area (Å²) >= 11 is 0. The molecule has 0 fully saturated rings. The topological polar surface area (TPSA) is 92.7 Å². The van der Waals surface area contributed by atoms with E-state index < -0.39 is 29.7 Å². The van der Waals surface area contributed by atoms with Crippen molar-refractivity contribution in [1.29, 1.82) is 0 Å². The van der Waals surface area contributed by atoms with Crippen molar-refractivity contribution in [2.45, 2.75) is 20.8 Å². The van der Waals surface area contributed by atoms with Crippen LogP contribution in [0, 0.1) is 18.8 Å². The Bertz CT molecular complexity index is 567. The van der Waals surface area contributed by atoms with Crippen LogP contribution in [0.1, 0.15) is 29.8 Å². The Labute approximate surface area is 123 Å². The fourth-order valence-electron chi connectivity index (χ4n) is 1.69. The van der Waals surface area contributed by atoms with Gasteiger partial charge in [-0.1, -0.05) is 19.9 Å². The maximum atomic E-state index is 12.1. The standard InChI is InChI=1S/C15H19NO5/c1-8-5-6-11(15(20)21-4)7-12(8)16-13(17)9(2)10(3)14(18)19/h5-7,9-10H,1-4H3,(H,16,17)(H,18,19). The van der Waals surface area contributed by atoms with Gasteiger partial charge in [0.15, 0.2) is 0 Å². The third-order valence-corrected chi connectivity index (χ3v) is 3.47. The molecule has 0 spiro atoms. The van der Waals surface area contributed by atoms with Gasteiger partial charge in [-0.25, -0.2) is 4.79 Å². The third kappa shape index (κ3) is 4.05. The Morgan fingerprint density at radius 3 is 2.33 bits per heavy atom. The lowest BCUT2D eigenvalue weighted by Gasteiger charge is -2.17. The van der Waals surface area contributed by atoms with E-state index >= 15 is 0 Å². The summed E-state index contributed by atoms with van der Waals surface area (Å²) in [7, 11) is 1.27. The Hall–Kier alpha value is -2.37. The van der Waals surface area contributed by atoms with Gasteiger partial charge in [0.2, 0.25) is 5.91 Å². The zero-order valence-corrected chi connectivity index (χ0v) is 12.5. The van der Waals surface area contributed by atoms with Gasteiger partial charge in [-0.15, -0.1) is 0 Å². The maximum absolute atomic E-state index is 12.1. The van der Waals surface area contributed by atoms with Crippen LogP contribution in [-0.2, 0) is 14.3 Å². The van der Waals surface area contributed by atoms with Crippen LogP contribution in [0.15, 0.2) is 18.2 Å². The van der Waals surface area contributed by atoms with Gasteiger partial charge in [-0.05, 0) is 24.6 Å². The molecule has 0 aromatic heterocycles. The number of hydrogen-bond donors (Lipinski definition) is 2. The van der Waals surface area contributed by atoms with Gasteiger partial charge in [-0.2, -0.15) is 0 Å². The highest BCUT2D eigenvalue weighted by Crippen LogP contribution is 2.20. The highest BCUT2D eigenvalue weighted by Gasteiger charge is 2.26. The van der Waals surface area contributed by atoms with Gasteiger partial charge in [0.05, 0.1) is 18.6 Å². The zero-order chi connectivity index (χ0) is 16.2. The second-order valence-corrected chi connectivity index (χ2v) is 4.93. The summed E-state index contributed by atoms with van der Waals surface area (Å²) in [6.07, 6.45) is 0. The van der Waals surface area contributed by atoms with Gasteiger partial charge in [0.25, 0.3) is 0 Å². The quantitative estimate of drug-likeness (QED) is 0.811. The predicted octanol–water partition coefficient (Wildman–Crippen LogP) is 2.08. The van der Waals surface area contributed by atoms with E-state index in [0.29, 0.717) is 11.3 Å². The fraction of sp³-hybridized carbons (Fsp3) is 0.400. The molecule has 114 valence electrons. The largest absolute Gasteiger partial charge is 0.481 e. The number of amides is 1. The number of nitrogens with one attached hydrogen (secondary N) is 1. The molecule has 0 aliphatic carbocycles. The number of carboxylic acids is 1. The van der Waals surface area contributed by atoms with E-state index in [1.807, 2.05) is 0 Å². The van der Waals surface area contributed by atoms with Crippen LogP contribution in [-0.4, -0.2) is 30.1 Å². The molecule has 0 aliphatic rings. The Balaban J connectivity index is 2.94. The molecular weight excluding hydrogens is 274 g/mol. The Kier molecular flexibility index (Phi) is 5.46. The van der Waals surface area contributed by atoms with Crippen molar-refractivity contribution >= 4 is 23.5 Å². The minimum absolute atomic E-state index is 0.317. The molecule has 1 rings (SSSR count). The minimum atomic E-state index is -1.03. The van der Waals surface area contributed by atoms with Crippen molar-refractivity contribution in [3.8, 4) is 0 Å². The molecule has 6 nitrogen and oxygen atoms in total. The zero-order valence-electron chi connectivity index (χ0n) is 12.5. The van der Waals surface area contributed by atoms with Crippen molar-refractivity contribution in [3.63, 3.8) is 0 Å². The summed E-state index contributed by atoms with van der Waals surface area (Å²) < 4.78 is 4.62. The number of aliphatic carboxylic acids is 1. The smallest absolute Gasteiger partial charge is 0.337 e. The number of esters is 1. The molecule has 21 heavy (non-hydrogen) atoms. The Morgan fingerprint density at radius 2 is 1.81 bits per heavy atom. The van der Waals surface area contributed by atoms with Crippen molar-refractivity contribution < 1.29 is 24.2 Å². The summed E-state index contributed by atoms with van der Waals surface area (Å²) in [5.41, 5.74) is 1.55. The Morgan fingerprint density at radius 1 is 1.19 bits per heavy atom. The average Bonchev–Trinajstić information content (AvgIpc) is 2.46. The van der Waals surface area contributed by atoms with Gasteiger partial charge in [0.1, 0.15) is 0 Å². The number of aryl methyl sites for hydroxylation is 1. The first-order chi connectivity index (χ1) is 9.77. The number of carbonyl (C=O) groups is 3. The lowest BCUT2D eigenvalue weighted by Crippen LogP contribution is -2.30. The number of methoxy groups -OCH3 is 1. The highest BCUT2D eigenvalue weighted by atomic mass is 16.5. The molecule has 0 heterocycles. The second-order valence-electron chi connectivity index (χ2n) is 4.93. The number of ether oxygens (including phenoxy) is 1. The number of benzene rings is 1. The molecule has 0 saturated carbocycles. The molecule has 6 heteroatoms. The molecule has 0 aliphatic heterocycles. The van der Waals surface area contributed by atoms with E-state index in [4.69, 9.17) is 5.11 Å². The van der Waals surface area contributed by atoms with Crippen LogP contribution in [0.4, 0.5) is 5.69 Å². The van der Waals surface area contributed by atoms with Gasteiger partial charge in [-0.3, -0.25) is 9.59 Å². The fourth-order valence-corrected chi connectivity index (χ4v) is 1.69. The number of anilines is 1. The second kappa shape index (κ2) is 6.88. The molecular formula is C15H19NO5.